The summed E-state index contributed by atoms with van der Waals surface area (Å²) in [5, 5.41) is 2.02. The van der Waals surface area contributed by atoms with Crippen LogP contribution in [0, 0.1) is 0 Å². The van der Waals surface area contributed by atoms with Gasteiger partial charge in [0.1, 0.15) is 5.75 Å². The Hall–Kier alpha value is -1.93. The second-order valence-corrected chi connectivity index (χ2v) is 11.5. The molecule has 0 radical (unpaired) electrons. The molecule has 5 nitrogen and oxygen atoms in total. The van der Waals surface area contributed by atoms with E-state index in [2.05, 4.69) is 45.6 Å². The molecule has 7 heteroatoms. The summed E-state index contributed by atoms with van der Waals surface area (Å²) in [5.74, 6) is 0.890. The quantitative estimate of drug-likeness (QED) is 0.305. The van der Waals surface area contributed by atoms with Crippen LogP contribution in [0.1, 0.15) is 36.1 Å². The first kappa shape index (κ1) is 26.1. The van der Waals surface area contributed by atoms with Gasteiger partial charge < -0.3 is 14.4 Å². The molecule has 2 fully saturated rings. The number of ether oxygens (including phenoxy) is 2. The molecular weight excluding hydrogens is 524 g/mol. The molecule has 1 amide bonds. The molecular formula is C28H35BrN2O3S. The lowest BCUT2D eigenvalue weighted by Gasteiger charge is -2.60. The average molecular weight is 560 g/mol. The number of methoxy groups -OCH3 is 2. The van der Waals surface area contributed by atoms with Crippen LogP contribution in [0.15, 0.2) is 58.9 Å². The highest BCUT2D eigenvalue weighted by atomic mass is 79.9. The van der Waals surface area contributed by atoms with Crippen LogP contribution in [0.2, 0.25) is 0 Å². The summed E-state index contributed by atoms with van der Waals surface area (Å²) < 4.78 is 13.1. The van der Waals surface area contributed by atoms with Crippen molar-refractivity contribution in [2.75, 3.05) is 40.9 Å². The molecule has 4 rings (SSSR count). The van der Waals surface area contributed by atoms with E-state index < -0.39 is 0 Å². The molecule has 2 aromatic rings. The second-order valence-electron chi connectivity index (χ2n) is 9.63. The third-order valence-electron chi connectivity index (χ3n) is 7.95. The number of carbonyl (C=O) groups excluding carboxylic acids is 1. The van der Waals surface area contributed by atoms with Gasteiger partial charge in [0.15, 0.2) is 0 Å². The van der Waals surface area contributed by atoms with E-state index in [1.54, 1.807) is 24.5 Å². The molecule has 0 spiro atoms. The van der Waals surface area contributed by atoms with Gasteiger partial charge >= 0.3 is 0 Å². The Labute approximate surface area is 221 Å². The zero-order chi connectivity index (χ0) is 25.1. The third-order valence-corrected chi connectivity index (χ3v) is 9.60. The summed E-state index contributed by atoms with van der Waals surface area (Å²) in [6.45, 7) is 6.62. The van der Waals surface area contributed by atoms with Crippen LogP contribution in [-0.4, -0.2) is 68.3 Å². The average Bonchev–Trinajstić information content (AvgIpc) is 3.31. The topological polar surface area (TPSA) is 42.0 Å². The monoisotopic (exact) mass is 558 g/mol. The van der Waals surface area contributed by atoms with Crippen LogP contribution >= 0.6 is 27.3 Å². The van der Waals surface area contributed by atoms with Crippen LogP contribution < -0.4 is 4.74 Å². The Morgan fingerprint density at radius 2 is 2.17 bits per heavy atom. The molecule has 0 bridgehead atoms. The molecule has 0 unspecified atom stereocenters. The lowest BCUT2D eigenvalue weighted by molar-refractivity contribution is -0.157. The number of benzene rings is 1. The van der Waals surface area contributed by atoms with Crippen molar-refractivity contribution < 1.29 is 14.3 Å². The standard InChI is InChI=1S/C28H35BrN2O3S/c1-5-14-31-15-13-27(21-7-6-8-24(16-21)33-3)18-23(11-12-28(27,20-31)34-4)30(2)26(32)10-9-25-17-22(29)19-35-25/h5-10,16-17,19,23H,1,11-15,18,20H2,2-4H3/b10-9+/t23-,27+,28+/m1/s1. The minimum Gasteiger partial charge on any atom is -0.497 e. The fraction of sp³-hybridized carbons (Fsp3) is 0.464. The van der Waals surface area contributed by atoms with Gasteiger partial charge in [-0.25, -0.2) is 0 Å². The lowest BCUT2D eigenvalue weighted by atomic mass is 9.55. The first-order valence-electron chi connectivity index (χ1n) is 12.1. The van der Waals surface area contributed by atoms with Gasteiger partial charge in [-0.1, -0.05) is 18.2 Å². The van der Waals surface area contributed by atoms with E-state index in [1.807, 2.05) is 48.7 Å². The van der Waals surface area contributed by atoms with Crippen LogP contribution in [0.5, 0.6) is 5.75 Å². The van der Waals surface area contributed by atoms with Crippen LogP contribution in [0.3, 0.4) is 0 Å². The predicted molar refractivity (Wildman–Crippen MR) is 147 cm³/mol. The van der Waals surface area contributed by atoms with E-state index in [1.165, 1.54) is 5.56 Å². The highest BCUT2D eigenvalue weighted by Crippen LogP contribution is 2.54. The maximum Gasteiger partial charge on any atom is 0.246 e. The molecule has 1 aromatic carbocycles. The number of carbonyl (C=O) groups is 1. The van der Waals surface area contributed by atoms with Gasteiger partial charge in [0, 0.05) is 59.5 Å². The van der Waals surface area contributed by atoms with E-state index in [4.69, 9.17) is 9.47 Å². The Balaban J connectivity index is 1.65. The number of hydrogen-bond acceptors (Lipinski definition) is 5. The zero-order valence-corrected chi connectivity index (χ0v) is 23.2. The maximum atomic E-state index is 13.2. The molecule has 2 aliphatic rings. The fourth-order valence-electron chi connectivity index (χ4n) is 6.02. The fourth-order valence-corrected chi connectivity index (χ4v) is 7.36. The van der Waals surface area contributed by atoms with Crippen molar-refractivity contribution >= 4 is 39.2 Å². The van der Waals surface area contributed by atoms with Gasteiger partial charge in [0.05, 0.1) is 12.7 Å². The van der Waals surface area contributed by atoms with E-state index in [0.29, 0.717) is 0 Å². The van der Waals surface area contributed by atoms with Crippen LogP contribution in [-0.2, 0) is 14.9 Å². The lowest BCUT2D eigenvalue weighted by Crippen LogP contribution is -2.68. The number of likely N-dealkylation sites (N-methyl/N-ethyl adjacent to an activating group) is 1. The SMILES string of the molecule is C=CCN1CC[C@@]2(c3cccc(OC)c3)C[C@H](N(C)C(=O)/C=C/c3cc(Br)cs3)CC[C@]2(OC)C1. The Bertz CT molecular complexity index is 1090. The number of amides is 1. The number of thiophene rings is 1. The zero-order valence-electron chi connectivity index (χ0n) is 20.8. The molecule has 0 N–H and O–H groups in total. The highest BCUT2D eigenvalue weighted by molar-refractivity contribution is 9.10. The smallest absolute Gasteiger partial charge is 0.246 e. The molecule has 35 heavy (non-hydrogen) atoms. The Morgan fingerprint density at radius 1 is 1.34 bits per heavy atom. The molecule has 1 aromatic heterocycles. The molecule has 1 aliphatic heterocycles. The minimum absolute atomic E-state index is 0.0364. The van der Waals surface area contributed by atoms with Crippen LogP contribution in [0.25, 0.3) is 6.08 Å². The summed E-state index contributed by atoms with van der Waals surface area (Å²) in [5.41, 5.74) is 0.690. The van der Waals surface area contributed by atoms with Crippen molar-refractivity contribution in [3.8, 4) is 5.75 Å². The molecule has 1 saturated carbocycles. The largest absolute Gasteiger partial charge is 0.497 e. The molecule has 3 atom stereocenters. The third kappa shape index (κ3) is 5.15. The molecule has 188 valence electrons. The van der Waals surface area contributed by atoms with Gasteiger partial charge in [-0.2, -0.15) is 0 Å². The summed E-state index contributed by atoms with van der Waals surface area (Å²) >= 11 is 5.09. The predicted octanol–water partition coefficient (Wildman–Crippen LogP) is 5.76. The first-order chi connectivity index (χ1) is 16.9. The number of piperidine rings is 1. The normalized spacial score (nSPS) is 26.9. The summed E-state index contributed by atoms with van der Waals surface area (Å²) in [6.07, 6.45) is 9.18. The molecule has 2 heterocycles. The van der Waals surface area contributed by atoms with Crippen molar-refractivity contribution in [1.82, 2.24) is 9.80 Å². The van der Waals surface area contributed by atoms with E-state index in [0.717, 1.165) is 60.4 Å². The van der Waals surface area contributed by atoms with E-state index in [-0.39, 0.29) is 23.0 Å². The second kappa shape index (κ2) is 11.0. The van der Waals surface area contributed by atoms with Crippen molar-refractivity contribution in [1.29, 1.82) is 0 Å². The first-order valence-corrected chi connectivity index (χ1v) is 13.8. The van der Waals surface area contributed by atoms with Gasteiger partial charge in [-0.05, 0) is 78.0 Å². The van der Waals surface area contributed by atoms with E-state index >= 15 is 0 Å². The Kier molecular flexibility index (Phi) is 8.21. The van der Waals surface area contributed by atoms with E-state index in [9.17, 15) is 4.79 Å². The number of hydrogen-bond donors (Lipinski definition) is 0. The number of likely N-dealkylation sites (tertiary alicyclic amines) is 1. The number of fused-ring (bicyclic) bond motifs is 1. The van der Waals surface area contributed by atoms with Gasteiger partial charge in [-0.15, -0.1) is 17.9 Å². The highest BCUT2D eigenvalue weighted by Gasteiger charge is 2.59. The Morgan fingerprint density at radius 3 is 2.86 bits per heavy atom. The van der Waals surface area contributed by atoms with Crippen molar-refractivity contribution in [2.45, 2.75) is 42.7 Å². The van der Waals surface area contributed by atoms with Crippen molar-refractivity contribution in [3.63, 3.8) is 0 Å². The molecule has 1 aliphatic carbocycles. The maximum absolute atomic E-state index is 13.2. The summed E-state index contributed by atoms with van der Waals surface area (Å²) in [4.78, 5) is 18.6. The van der Waals surface area contributed by atoms with Gasteiger partial charge in [-0.3, -0.25) is 9.69 Å². The van der Waals surface area contributed by atoms with Crippen LogP contribution in [0.4, 0.5) is 0 Å². The number of halogens is 1. The van der Waals surface area contributed by atoms with Gasteiger partial charge in [0.2, 0.25) is 5.91 Å². The molecule has 1 saturated heterocycles. The number of rotatable bonds is 8. The summed E-state index contributed by atoms with van der Waals surface area (Å²) in [6, 6.07) is 10.6. The van der Waals surface area contributed by atoms with Crippen molar-refractivity contribution in [2.24, 2.45) is 0 Å². The number of nitrogens with zero attached hydrogens (tertiary/aromatic N) is 2. The van der Waals surface area contributed by atoms with Gasteiger partial charge in [0.25, 0.3) is 0 Å². The summed E-state index contributed by atoms with van der Waals surface area (Å²) in [7, 11) is 5.50. The minimum atomic E-state index is -0.333. The van der Waals surface area contributed by atoms with Crippen molar-refractivity contribution in [3.05, 3.63) is 69.4 Å².